The molecule has 0 aromatic heterocycles. The van der Waals surface area contributed by atoms with Crippen molar-refractivity contribution >= 4 is 34.8 Å². The lowest BCUT2D eigenvalue weighted by Gasteiger charge is -2.16. The molecule has 0 atom stereocenters. The van der Waals surface area contributed by atoms with Crippen LogP contribution >= 0.6 is 11.6 Å². The van der Waals surface area contributed by atoms with Crippen molar-refractivity contribution in [2.45, 2.75) is 12.8 Å². The quantitative estimate of drug-likeness (QED) is 0.782. The van der Waals surface area contributed by atoms with Gasteiger partial charge in [-0.15, -0.1) is 0 Å². The van der Waals surface area contributed by atoms with Crippen molar-refractivity contribution in [1.29, 1.82) is 0 Å². The van der Waals surface area contributed by atoms with E-state index in [1.165, 1.54) is 4.90 Å². The van der Waals surface area contributed by atoms with Gasteiger partial charge in [-0.1, -0.05) is 17.7 Å². The predicted octanol–water partition coefficient (Wildman–Crippen LogP) is 1.85. The van der Waals surface area contributed by atoms with Gasteiger partial charge in [-0.2, -0.15) is 0 Å². The summed E-state index contributed by atoms with van der Waals surface area (Å²) < 4.78 is 0. The summed E-state index contributed by atoms with van der Waals surface area (Å²) in [6.07, 6.45) is 1.76. The molecule has 1 amide bonds. The Balaban J connectivity index is 1.98. The van der Waals surface area contributed by atoms with Gasteiger partial charge in [0, 0.05) is 5.92 Å². The molecule has 0 bridgehead atoms. The van der Waals surface area contributed by atoms with Crippen LogP contribution in [-0.2, 0) is 9.59 Å². The van der Waals surface area contributed by atoms with Crippen LogP contribution in [0.4, 0.5) is 5.69 Å². The summed E-state index contributed by atoms with van der Waals surface area (Å²) in [6, 6.07) is 4.79. The van der Waals surface area contributed by atoms with Crippen molar-refractivity contribution in [2.75, 3.05) is 11.4 Å². The van der Waals surface area contributed by atoms with Gasteiger partial charge in [0.15, 0.2) is 5.78 Å². The average molecular weight is 264 g/mol. The largest absolute Gasteiger partial charge is 0.299 e. The lowest BCUT2D eigenvalue weighted by atomic mass is 10.1. The van der Waals surface area contributed by atoms with Gasteiger partial charge < -0.3 is 0 Å². The number of Topliss-reactive ketones (excluding diaryl/α,β-unsaturated/α-hetero) is 2. The molecule has 1 heterocycles. The fourth-order valence-corrected chi connectivity index (χ4v) is 2.43. The number of para-hydroxylation sites is 1. The van der Waals surface area contributed by atoms with Crippen LogP contribution in [0.15, 0.2) is 18.2 Å². The van der Waals surface area contributed by atoms with Crippen molar-refractivity contribution in [2.24, 2.45) is 5.92 Å². The minimum atomic E-state index is -0.660. The van der Waals surface area contributed by atoms with Crippen molar-refractivity contribution in [1.82, 2.24) is 0 Å². The Labute approximate surface area is 109 Å². The van der Waals surface area contributed by atoms with Gasteiger partial charge in [0.05, 0.1) is 22.8 Å². The molecule has 3 rings (SSSR count). The molecule has 1 aromatic rings. The van der Waals surface area contributed by atoms with Crippen molar-refractivity contribution in [3.63, 3.8) is 0 Å². The zero-order chi connectivity index (χ0) is 12.9. The Bertz CT molecular complexity index is 578. The highest BCUT2D eigenvalue weighted by molar-refractivity contribution is 6.54. The smallest absolute Gasteiger partial charge is 0.297 e. The van der Waals surface area contributed by atoms with Gasteiger partial charge in [0.25, 0.3) is 11.7 Å². The van der Waals surface area contributed by atoms with Gasteiger partial charge in [0.2, 0.25) is 0 Å². The topological polar surface area (TPSA) is 54.5 Å². The number of carbonyl (C=O) groups is 3. The fraction of sp³-hybridized carbons (Fsp3) is 0.308. The molecule has 1 aliphatic heterocycles. The molecule has 1 aromatic carbocycles. The second kappa shape index (κ2) is 3.92. The fourth-order valence-electron chi connectivity index (χ4n) is 2.15. The summed E-state index contributed by atoms with van der Waals surface area (Å²) in [5.41, 5.74) is 0.666. The maximum atomic E-state index is 11.9. The van der Waals surface area contributed by atoms with Crippen LogP contribution < -0.4 is 4.90 Å². The molecule has 92 valence electrons. The lowest BCUT2D eigenvalue weighted by Crippen LogP contribution is -2.35. The first kappa shape index (κ1) is 11.4. The van der Waals surface area contributed by atoms with Crippen LogP contribution in [0.2, 0.25) is 5.02 Å². The summed E-state index contributed by atoms with van der Waals surface area (Å²) in [5.74, 6) is -1.19. The van der Waals surface area contributed by atoms with E-state index in [-0.39, 0.29) is 23.8 Å². The molecule has 0 N–H and O–H groups in total. The standard InChI is InChI=1S/C13H10ClNO3/c14-9-3-1-2-8-11(9)15(13(18)12(8)17)6-10(16)7-4-5-7/h1-3,7H,4-6H2. The maximum Gasteiger partial charge on any atom is 0.299 e. The van der Waals surface area contributed by atoms with E-state index < -0.39 is 11.7 Å². The SMILES string of the molecule is O=C1C(=O)N(CC(=O)C2CC2)c2c(Cl)cccc21. The summed E-state index contributed by atoms with van der Waals surface area (Å²) >= 11 is 6.02. The third-order valence-electron chi connectivity index (χ3n) is 3.29. The van der Waals surface area contributed by atoms with E-state index in [4.69, 9.17) is 11.6 Å². The number of hydrogen-bond acceptors (Lipinski definition) is 3. The predicted molar refractivity (Wildman–Crippen MR) is 65.9 cm³/mol. The van der Waals surface area contributed by atoms with Gasteiger partial charge in [-0.25, -0.2) is 0 Å². The molecule has 0 spiro atoms. The molecular formula is C13H10ClNO3. The number of carbonyl (C=O) groups excluding carboxylic acids is 3. The van der Waals surface area contributed by atoms with Crippen LogP contribution in [0.25, 0.3) is 0 Å². The highest BCUT2D eigenvalue weighted by atomic mass is 35.5. The normalized spacial score (nSPS) is 18.2. The lowest BCUT2D eigenvalue weighted by molar-refractivity contribution is -0.121. The third-order valence-corrected chi connectivity index (χ3v) is 3.59. The molecule has 2 aliphatic rings. The zero-order valence-corrected chi connectivity index (χ0v) is 10.2. The molecule has 5 heteroatoms. The Hall–Kier alpha value is -1.68. The number of hydrogen-bond donors (Lipinski definition) is 0. The van der Waals surface area contributed by atoms with Crippen molar-refractivity contribution in [3.8, 4) is 0 Å². The van der Waals surface area contributed by atoms with E-state index >= 15 is 0 Å². The Morgan fingerprint density at radius 2 is 2.06 bits per heavy atom. The molecule has 1 fully saturated rings. The van der Waals surface area contributed by atoms with Crippen LogP contribution in [-0.4, -0.2) is 24.0 Å². The Kier molecular flexibility index (Phi) is 2.48. The van der Waals surface area contributed by atoms with Gasteiger partial charge in [-0.3, -0.25) is 19.3 Å². The number of anilines is 1. The van der Waals surface area contributed by atoms with Crippen LogP contribution in [0.5, 0.6) is 0 Å². The molecule has 1 aliphatic carbocycles. The summed E-state index contributed by atoms with van der Waals surface area (Å²) in [7, 11) is 0. The second-order valence-electron chi connectivity index (χ2n) is 4.60. The van der Waals surface area contributed by atoms with E-state index in [1.807, 2.05) is 0 Å². The van der Waals surface area contributed by atoms with Gasteiger partial charge in [0.1, 0.15) is 0 Å². The second-order valence-corrected chi connectivity index (χ2v) is 5.00. The van der Waals surface area contributed by atoms with E-state index in [0.29, 0.717) is 10.7 Å². The zero-order valence-electron chi connectivity index (χ0n) is 9.48. The van der Waals surface area contributed by atoms with Gasteiger partial charge in [-0.05, 0) is 25.0 Å². The van der Waals surface area contributed by atoms with E-state index in [2.05, 4.69) is 0 Å². The van der Waals surface area contributed by atoms with Crippen LogP contribution in [0, 0.1) is 5.92 Å². The van der Waals surface area contributed by atoms with E-state index in [1.54, 1.807) is 18.2 Å². The number of benzene rings is 1. The van der Waals surface area contributed by atoms with Crippen LogP contribution in [0.3, 0.4) is 0 Å². The Morgan fingerprint density at radius 3 is 2.72 bits per heavy atom. The minimum Gasteiger partial charge on any atom is -0.297 e. The Morgan fingerprint density at radius 1 is 1.33 bits per heavy atom. The molecular weight excluding hydrogens is 254 g/mol. The summed E-state index contributed by atoms with van der Waals surface area (Å²) in [5, 5.41) is 0.329. The van der Waals surface area contributed by atoms with Crippen molar-refractivity contribution < 1.29 is 14.4 Å². The number of amides is 1. The number of ketones is 2. The molecule has 1 saturated carbocycles. The first-order chi connectivity index (χ1) is 8.59. The van der Waals surface area contributed by atoms with E-state index in [0.717, 1.165) is 12.8 Å². The van der Waals surface area contributed by atoms with E-state index in [9.17, 15) is 14.4 Å². The number of nitrogens with zero attached hydrogens (tertiary/aromatic N) is 1. The average Bonchev–Trinajstić information content (AvgIpc) is 3.15. The monoisotopic (exact) mass is 263 g/mol. The first-order valence-electron chi connectivity index (χ1n) is 5.77. The summed E-state index contributed by atoms with van der Waals surface area (Å²) in [4.78, 5) is 36.6. The summed E-state index contributed by atoms with van der Waals surface area (Å²) in [6.45, 7) is -0.0496. The third kappa shape index (κ3) is 1.64. The number of halogens is 1. The van der Waals surface area contributed by atoms with Crippen LogP contribution in [0.1, 0.15) is 23.2 Å². The highest BCUT2D eigenvalue weighted by Gasteiger charge is 2.40. The molecule has 18 heavy (non-hydrogen) atoms. The molecule has 0 saturated heterocycles. The van der Waals surface area contributed by atoms with Gasteiger partial charge >= 0.3 is 0 Å². The first-order valence-corrected chi connectivity index (χ1v) is 6.15. The molecule has 0 radical (unpaired) electrons. The maximum absolute atomic E-state index is 11.9. The highest BCUT2D eigenvalue weighted by Crippen LogP contribution is 2.37. The number of fused-ring (bicyclic) bond motifs is 1. The number of rotatable bonds is 3. The molecule has 0 unspecified atom stereocenters. The molecule has 4 nitrogen and oxygen atoms in total. The minimum absolute atomic E-state index is 0.00363. The van der Waals surface area contributed by atoms with Crippen molar-refractivity contribution in [3.05, 3.63) is 28.8 Å².